The van der Waals surface area contributed by atoms with Gasteiger partial charge in [0, 0.05) is 5.56 Å². The molecular formula is C12H12ClN3O. The quantitative estimate of drug-likeness (QED) is 0.850. The fourth-order valence-corrected chi connectivity index (χ4v) is 2.33. The monoisotopic (exact) mass is 249 g/mol. The number of furan rings is 1. The predicted molar refractivity (Wildman–Crippen MR) is 65.1 cm³/mol. The van der Waals surface area contributed by atoms with E-state index in [-0.39, 0.29) is 0 Å². The minimum absolute atomic E-state index is 0.572. The number of nitrogens with one attached hydrogen (secondary N) is 1. The molecule has 0 aromatic carbocycles. The number of hydrogen-bond acceptors (Lipinski definition) is 4. The Bertz CT molecular complexity index is 525. The third-order valence-electron chi connectivity index (χ3n) is 2.88. The summed E-state index contributed by atoms with van der Waals surface area (Å²) in [7, 11) is 0. The van der Waals surface area contributed by atoms with Crippen LogP contribution in [0.3, 0.4) is 0 Å². The summed E-state index contributed by atoms with van der Waals surface area (Å²) in [4.78, 5) is 8.71. The van der Waals surface area contributed by atoms with E-state index in [1.54, 1.807) is 6.26 Å². The lowest BCUT2D eigenvalue weighted by atomic mass is 10.3. The fourth-order valence-electron chi connectivity index (χ4n) is 2.05. The number of nitrogens with zero attached hydrogens (tertiary/aromatic N) is 2. The molecule has 0 saturated carbocycles. The number of anilines is 1. The van der Waals surface area contributed by atoms with E-state index in [1.165, 1.54) is 0 Å². The van der Waals surface area contributed by atoms with E-state index in [2.05, 4.69) is 15.3 Å². The van der Waals surface area contributed by atoms with E-state index >= 15 is 0 Å². The zero-order valence-electron chi connectivity index (χ0n) is 9.24. The molecule has 17 heavy (non-hydrogen) atoms. The number of rotatable bonds is 3. The Morgan fingerprint density at radius 3 is 3.12 bits per heavy atom. The van der Waals surface area contributed by atoms with Gasteiger partial charge in [-0.25, -0.2) is 9.97 Å². The Kier molecular flexibility index (Phi) is 2.73. The molecule has 0 spiro atoms. The molecule has 1 aliphatic rings. The van der Waals surface area contributed by atoms with Crippen LogP contribution in [0.4, 0.5) is 5.95 Å². The van der Waals surface area contributed by atoms with Crippen LogP contribution in [0.5, 0.6) is 0 Å². The fraction of sp³-hybridized carbons (Fsp3) is 0.333. The van der Waals surface area contributed by atoms with Crippen molar-refractivity contribution in [1.82, 2.24) is 9.97 Å². The Morgan fingerprint density at radius 2 is 2.29 bits per heavy atom. The van der Waals surface area contributed by atoms with Gasteiger partial charge in [-0.3, -0.25) is 0 Å². The summed E-state index contributed by atoms with van der Waals surface area (Å²) in [5.41, 5.74) is 2.18. The molecule has 3 rings (SSSR count). The average molecular weight is 250 g/mol. The largest absolute Gasteiger partial charge is 0.467 e. The van der Waals surface area contributed by atoms with Gasteiger partial charge in [0.1, 0.15) is 10.9 Å². The molecule has 0 aliphatic heterocycles. The zero-order valence-corrected chi connectivity index (χ0v) is 10.00. The molecule has 0 atom stereocenters. The zero-order chi connectivity index (χ0) is 11.7. The molecule has 0 fully saturated rings. The van der Waals surface area contributed by atoms with Gasteiger partial charge in [-0.1, -0.05) is 11.6 Å². The lowest BCUT2D eigenvalue weighted by Crippen LogP contribution is -2.05. The first-order chi connectivity index (χ1) is 8.33. The Hall–Kier alpha value is -1.55. The van der Waals surface area contributed by atoms with Crippen LogP contribution >= 0.6 is 11.6 Å². The lowest BCUT2D eigenvalue weighted by Gasteiger charge is -2.06. The lowest BCUT2D eigenvalue weighted by molar-refractivity contribution is 0.517. The Balaban J connectivity index is 1.78. The van der Waals surface area contributed by atoms with Gasteiger partial charge in [0.05, 0.1) is 18.5 Å². The molecule has 4 nitrogen and oxygen atoms in total. The second-order valence-corrected chi connectivity index (χ2v) is 4.41. The maximum atomic E-state index is 6.12. The third-order valence-corrected chi connectivity index (χ3v) is 3.20. The smallest absolute Gasteiger partial charge is 0.224 e. The molecule has 88 valence electrons. The van der Waals surface area contributed by atoms with Crippen LogP contribution in [-0.2, 0) is 19.4 Å². The summed E-state index contributed by atoms with van der Waals surface area (Å²) in [5, 5.41) is 3.70. The molecule has 2 aromatic heterocycles. The summed E-state index contributed by atoms with van der Waals surface area (Å²) in [6.45, 7) is 0.572. The number of hydrogen-bond donors (Lipinski definition) is 1. The van der Waals surface area contributed by atoms with E-state index in [0.29, 0.717) is 17.6 Å². The van der Waals surface area contributed by atoms with Gasteiger partial charge < -0.3 is 9.73 Å². The van der Waals surface area contributed by atoms with Crippen molar-refractivity contribution in [2.24, 2.45) is 0 Å². The van der Waals surface area contributed by atoms with Gasteiger partial charge in [0.15, 0.2) is 0 Å². The van der Waals surface area contributed by atoms with E-state index in [9.17, 15) is 0 Å². The predicted octanol–water partition coefficient (Wildman–Crippen LogP) is 2.82. The molecule has 2 heterocycles. The minimum Gasteiger partial charge on any atom is -0.467 e. The maximum Gasteiger partial charge on any atom is 0.224 e. The van der Waals surface area contributed by atoms with Crippen molar-refractivity contribution in [3.8, 4) is 0 Å². The highest BCUT2D eigenvalue weighted by Crippen LogP contribution is 2.27. The Morgan fingerprint density at radius 1 is 1.35 bits per heavy atom. The Labute approximate surface area is 104 Å². The van der Waals surface area contributed by atoms with Crippen LogP contribution in [0.15, 0.2) is 22.8 Å². The van der Waals surface area contributed by atoms with Crippen LogP contribution < -0.4 is 5.32 Å². The van der Waals surface area contributed by atoms with Crippen LogP contribution in [0, 0.1) is 0 Å². The van der Waals surface area contributed by atoms with Crippen molar-refractivity contribution in [1.29, 1.82) is 0 Å². The van der Waals surface area contributed by atoms with Gasteiger partial charge in [-0.05, 0) is 31.4 Å². The molecule has 0 unspecified atom stereocenters. The molecule has 5 heteroatoms. The van der Waals surface area contributed by atoms with E-state index in [4.69, 9.17) is 16.0 Å². The van der Waals surface area contributed by atoms with Crippen molar-refractivity contribution in [3.05, 3.63) is 40.6 Å². The molecule has 2 aromatic rings. The molecule has 0 bridgehead atoms. The van der Waals surface area contributed by atoms with E-state index in [0.717, 1.165) is 36.3 Å². The summed E-state index contributed by atoms with van der Waals surface area (Å²) >= 11 is 6.12. The minimum atomic E-state index is 0.572. The van der Waals surface area contributed by atoms with Crippen molar-refractivity contribution in [2.75, 3.05) is 5.32 Å². The third kappa shape index (κ3) is 2.13. The average Bonchev–Trinajstić information content (AvgIpc) is 2.97. The highest BCUT2D eigenvalue weighted by Gasteiger charge is 2.18. The van der Waals surface area contributed by atoms with Gasteiger partial charge >= 0.3 is 0 Å². The number of halogens is 1. The summed E-state index contributed by atoms with van der Waals surface area (Å²) < 4.78 is 5.23. The topological polar surface area (TPSA) is 51.0 Å². The van der Waals surface area contributed by atoms with Crippen LogP contribution in [0.25, 0.3) is 0 Å². The summed E-state index contributed by atoms with van der Waals surface area (Å²) in [6, 6.07) is 3.76. The maximum absolute atomic E-state index is 6.12. The van der Waals surface area contributed by atoms with Crippen LogP contribution in [-0.4, -0.2) is 9.97 Å². The van der Waals surface area contributed by atoms with Crippen molar-refractivity contribution >= 4 is 17.5 Å². The first-order valence-electron chi connectivity index (χ1n) is 5.64. The van der Waals surface area contributed by atoms with E-state index < -0.39 is 0 Å². The molecule has 0 saturated heterocycles. The van der Waals surface area contributed by atoms with Crippen molar-refractivity contribution in [2.45, 2.75) is 25.8 Å². The van der Waals surface area contributed by atoms with Crippen LogP contribution in [0.1, 0.15) is 23.4 Å². The second kappa shape index (κ2) is 4.37. The summed E-state index contributed by atoms with van der Waals surface area (Å²) in [6.07, 6.45) is 4.75. The van der Waals surface area contributed by atoms with Crippen molar-refractivity contribution < 1.29 is 4.42 Å². The van der Waals surface area contributed by atoms with Gasteiger partial charge in [0.2, 0.25) is 5.95 Å². The van der Waals surface area contributed by atoms with E-state index in [1.807, 2.05) is 12.1 Å². The number of fused-ring (bicyclic) bond motifs is 1. The highest BCUT2D eigenvalue weighted by molar-refractivity contribution is 6.30. The molecular weight excluding hydrogens is 238 g/mol. The van der Waals surface area contributed by atoms with Gasteiger partial charge in [0.25, 0.3) is 0 Å². The number of aromatic nitrogens is 2. The van der Waals surface area contributed by atoms with Crippen molar-refractivity contribution in [3.63, 3.8) is 0 Å². The van der Waals surface area contributed by atoms with Crippen LogP contribution in [0.2, 0.25) is 5.15 Å². The highest BCUT2D eigenvalue weighted by atomic mass is 35.5. The molecule has 0 amide bonds. The molecule has 0 radical (unpaired) electrons. The standard InChI is InChI=1S/C12H12ClN3O/c13-11-9-4-1-5-10(9)15-12(16-11)14-7-8-3-2-6-17-8/h2-3,6H,1,4-5,7H2,(H,14,15,16). The van der Waals surface area contributed by atoms with Gasteiger partial charge in [-0.2, -0.15) is 0 Å². The normalized spacial score (nSPS) is 13.7. The van der Waals surface area contributed by atoms with Gasteiger partial charge in [-0.15, -0.1) is 0 Å². The molecule has 1 N–H and O–H groups in total. The first kappa shape index (κ1) is 10.6. The SMILES string of the molecule is Clc1nc(NCc2ccco2)nc2c1CCC2. The first-order valence-corrected chi connectivity index (χ1v) is 6.02. The summed E-state index contributed by atoms with van der Waals surface area (Å²) in [5.74, 6) is 1.43. The second-order valence-electron chi connectivity index (χ2n) is 4.05. The molecule has 1 aliphatic carbocycles. The number of aryl methyl sites for hydroxylation is 1.